The number of thiocarbonyl (C=S) groups is 1. The third kappa shape index (κ3) is 1.53. The molecule has 5 heteroatoms. The first-order valence-corrected chi connectivity index (χ1v) is 4.74. The zero-order valence-corrected chi connectivity index (χ0v) is 7.86. The van der Waals surface area contributed by atoms with Crippen molar-refractivity contribution < 1.29 is 0 Å². The van der Waals surface area contributed by atoms with Crippen LogP contribution >= 0.6 is 12.2 Å². The molecule has 2 saturated heterocycles. The zero-order chi connectivity index (χ0) is 8.39. The third-order valence-electron chi connectivity index (χ3n) is 2.26. The van der Waals surface area contributed by atoms with Crippen molar-refractivity contribution in [2.75, 3.05) is 39.5 Å². The Hall–Kier alpha value is -0.390. The summed E-state index contributed by atoms with van der Waals surface area (Å²) in [5.41, 5.74) is 0. The minimum absolute atomic E-state index is 0.912. The minimum atomic E-state index is 0.912. The van der Waals surface area contributed by atoms with E-state index >= 15 is 0 Å². The van der Waals surface area contributed by atoms with Gasteiger partial charge in [-0.15, -0.1) is 0 Å². The van der Waals surface area contributed by atoms with Crippen molar-refractivity contribution in [2.24, 2.45) is 0 Å². The van der Waals surface area contributed by atoms with Gasteiger partial charge in [0.2, 0.25) is 0 Å². The molecule has 0 amide bonds. The molecule has 0 spiro atoms. The van der Waals surface area contributed by atoms with Crippen LogP contribution in [0.5, 0.6) is 0 Å². The molecule has 2 rings (SSSR count). The average Bonchev–Trinajstić information content (AvgIpc) is 2.77. The summed E-state index contributed by atoms with van der Waals surface area (Å²) < 4.78 is 0. The quantitative estimate of drug-likeness (QED) is 0.474. The normalized spacial score (nSPS) is 23.7. The van der Waals surface area contributed by atoms with Gasteiger partial charge < -0.3 is 9.80 Å². The molecule has 68 valence electrons. The molecule has 0 atom stereocenters. The van der Waals surface area contributed by atoms with E-state index in [1.54, 1.807) is 0 Å². The Kier molecular flexibility index (Phi) is 2.43. The smallest absolute Gasteiger partial charge is 0.173 e. The van der Waals surface area contributed by atoms with Crippen LogP contribution in [0, 0.1) is 0 Å². The molecule has 2 aliphatic rings. The standard InChI is InChI=1S/C7H14N4S/c12-7(10-3-1-8-5-10)11-4-2-9-6-11/h8-9H,1-6H2. The Morgan fingerprint density at radius 2 is 1.50 bits per heavy atom. The average molecular weight is 186 g/mol. The van der Waals surface area contributed by atoms with E-state index in [1.807, 2.05) is 0 Å². The summed E-state index contributed by atoms with van der Waals surface area (Å²) in [5.74, 6) is 0. The lowest BCUT2D eigenvalue weighted by molar-refractivity contribution is 0.403. The van der Waals surface area contributed by atoms with Gasteiger partial charge in [-0.25, -0.2) is 0 Å². The third-order valence-corrected chi connectivity index (χ3v) is 2.78. The van der Waals surface area contributed by atoms with Crippen LogP contribution in [0.3, 0.4) is 0 Å². The van der Waals surface area contributed by atoms with Crippen molar-refractivity contribution in [1.82, 2.24) is 20.4 Å². The number of hydrogen-bond donors (Lipinski definition) is 2. The Morgan fingerprint density at radius 3 is 1.83 bits per heavy atom. The highest BCUT2D eigenvalue weighted by Gasteiger charge is 2.21. The summed E-state index contributed by atoms with van der Waals surface area (Å²) in [6, 6.07) is 0. The van der Waals surface area contributed by atoms with E-state index in [4.69, 9.17) is 12.2 Å². The van der Waals surface area contributed by atoms with Crippen LogP contribution in [0.1, 0.15) is 0 Å². The van der Waals surface area contributed by atoms with Crippen molar-refractivity contribution in [1.29, 1.82) is 0 Å². The molecule has 2 fully saturated rings. The molecule has 0 unspecified atom stereocenters. The molecule has 0 aromatic carbocycles. The summed E-state index contributed by atoms with van der Waals surface area (Å²) in [6.07, 6.45) is 0. The van der Waals surface area contributed by atoms with E-state index in [2.05, 4.69) is 20.4 Å². The van der Waals surface area contributed by atoms with Crippen LogP contribution < -0.4 is 10.6 Å². The monoisotopic (exact) mass is 186 g/mol. The first kappa shape index (κ1) is 8.22. The maximum absolute atomic E-state index is 5.35. The van der Waals surface area contributed by atoms with Gasteiger partial charge in [-0.3, -0.25) is 10.6 Å². The summed E-state index contributed by atoms with van der Waals surface area (Å²) in [7, 11) is 0. The SMILES string of the molecule is S=C(N1CCNC1)N1CCNC1. The molecule has 2 heterocycles. The number of hydrogen-bond acceptors (Lipinski definition) is 3. The van der Waals surface area contributed by atoms with Gasteiger partial charge in [0.25, 0.3) is 0 Å². The summed E-state index contributed by atoms with van der Waals surface area (Å²) in [4.78, 5) is 4.42. The maximum Gasteiger partial charge on any atom is 0.173 e. The molecule has 0 aliphatic carbocycles. The largest absolute Gasteiger partial charge is 0.335 e. The molecule has 0 saturated carbocycles. The molecule has 2 aliphatic heterocycles. The lowest BCUT2D eigenvalue weighted by Gasteiger charge is -2.25. The van der Waals surface area contributed by atoms with Gasteiger partial charge in [0, 0.05) is 26.2 Å². The lowest BCUT2D eigenvalue weighted by atomic mass is 10.6. The van der Waals surface area contributed by atoms with E-state index in [1.165, 1.54) is 0 Å². The number of nitrogens with zero attached hydrogens (tertiary/aromatic N) is 2. The van der Waals surface area contributed by atoms with Crippen molar-refractivity contribution in [3.05, 3.63) is 0 Å². The summed E-state index contributed by atoms with van der Waals surface area (Å²) >= 11 is 5.35. The molecule has 0 aromatic rings. The lowest BCUT2D eigenvalue weighted by Crippen LogP contribution is -2.41. The number of nitrogens with one attached hydrogen (secondary N) is 2. The van der Waals surface area contributed by atoms with Crippen LogP contribution in [0.25, 0.3) is 0 Å². The van der Waals surface area contributed by atoms with Crippen LogP contribution in [0.4, 0.5) is 0 Å². The van der Waals surface area contributed by atoms with Crippen LogP contribution in [-0.4, -0.2) is 54.4 Å². The van der Waals surface area contributed by atoms with Crippen LogP contribution in [0.2, 0.25) is 0 Å². The van der Waals surface area contributed by atoms with Gasteiger partial charge in [0.1, 0.15) is 0 Å². The first-order chi connectivity index (χ1) is 5.88. The first-order valence-electron chi connectivity index (χ1n) is 4.33. The van der Waals surface area contributed by atoms with Gasteiger partial charge >= 0.3 is 0 Å². The summed E-state index contributed by atoms with van der Waals surface area (Å²) in [6.45, 7) is 6.04. The molecule has 0 aromatic heterocycles. The van der Waals surface area contributed by atoms with E-state index in [0.717, 1.165) is 44.6 Å². The van der Waals surface area contributed by atoms with Gasteiger partial charge in [-0.1, -0.05) is 0 Å². The second-order valence-electron chi connectivity index (χ2n) is 3.13. The van der Waals surface area contributed by atoms with Crippen molar-refractivity contribution in [3.8, 4) is 0 Å². The maximum atomic E-state index is 5.35. The Balaban J connectivity index is 1.89. The summed E-state index contributed by atoms with van der Waals surface area (Å²) in [5, 5.41) is 7.53. The predicted molar refractivity (Wildman–Crippen MR) is 51.7 cm³/mol. The molecule has 12 heavy (non-hydrogen) atoms. The molecule has 0 radical (unpaired) electrons. The highest BCUT2D eigenvalue weighted by Crippen LogP contribution is 2.03. The van der Waals surface area contributed by atoms with E-state index in [0.29, 0.717) is 0 Å². The van der Waals surface area contributed by atoms with Crippen LogP contribution in [0.15, 0.2) is 0 Å². The van der Waals surface area contributed by atoms with Gasteiger partial charge in [-0.2, -0.15) is 0 Å². The van der Waals surface area contributed by atoms with Gasteiger partial charge in [0.15, 0.2) is 5.11 Å². The second kappa shape index (κ2) is 3.55. The van der Waals surface area contributed by atoms with Crippen molar-refractivity contribution in [2.45, 2.75) is 0 Å². The predicted octanol–water partition coefficient (Wildman–Crippen LogP) is -1.00. The topological polar surface area (TPSA) is 30.5 Å². The molecular weight excluding hydrogens is 172 g/mol. The minimum Gasteiger partial charge on any atom is -0.335 e. The Bertz CT molecular complexity index is 154. The fourth-order valence-corrected chi connectivity index (χ4v) is 1.85. The molecule has 0 bridgehead atoms. The second-order valence-corrected chi connectivity index (χ2v) is 3.49. The highest BCUT2D eigenvalue weighted by atomic mass is 32.1. The molecule has 4 nitrogen and oxygen atoms in total. The fourth-order valence-electron chi connectivity index (χ4n) is 1.54. The van der Waals surface area contributed by atoms with Crippen molar-refractivity contribution >= 4 is 17.3 Å². The van der Waals surface area contributed by atoms with Crippen LogP contribution in [-0.2, 0) is 0 Å². The van der Waals surface area contributed by atoms with E-state index < -0.39 is 0 Å². The molecular formula is C7H14N4S. The van der Waals surface area contributed by atoms with Gasteiger partial charge in [0.05, 0.1) is 13.3 Å². The fraction of sp³-hybridized carbons (Fsp3) is 0.857. The van der Waals surface area contributed by atoms with E-state index in [9.17, 15) is 0 Å². The molecule has 2 N–H and O–H groups in total. The Labute approximate surface area is 77.9 Å². The zero-order valence-electron chi connectivity index (χ0n) is 7.05. The van der Waals surface area contributed by atoms with E-state index in [-0.39, 0.29) is 0 Å². The number of rotatable bonds is 0. The van der Waals surface area contributed by atoms with Crippen molar-refractivity contribution in [3.63, 3.8) is 0 Å². The Morgan fingerprint density at radius 1 is 1.00 bits per heavy atom. The highest BCUT2D eigenvalue weighted by molar-refractivity contribution is 7.80. The van der Waals surface area contributed by atoms with Gasteiger partial charge in [-0.05, 0) is 12.2 Å².